The van der Waals surface area contributed by atoms with E-state index < -0.39 is 0 Å². The number of halogens is 1. The number of nitrogens with zero attached hydrogens (tertiary/aromatic N) is 2. The van der Waals surface area contributed by atoms with Gasteiger partial charge in [-0.15, -0.1) is 24.0 Å². The van der Waals surface area contributed by atoms with Gasteiger partial charge in [0.05, 0.1) is 6.10 Å². The number of hydrogen-bond acceptors (Lipinski definition) is 3. The second-order valence-electron chi connectivity index (χ2n) is 6.68. The lowest BCUT2D eigenvalue weighted by molar-refractivity contribution is 0.0258. The Morgan fingerprint density at radius 3 is 2.58 bits per heavy atom. The van der Waals surface area contributed by atoms with E-state index in [2.05, 4.69) is 48.2 Å². The Morgan fingerprint density at radius 2 is 2.00 bits per heavy atom. The predicted octanol–water partition coefficient (Wildman–Crippen LogP) is 3.10. The second-order valence-corrected chi connectivity index (χ2v) is 6.68. The quantitative estimate of drug-likeness (QED) is 0.320. The summed E-state index contributed by atoms with van der Waals surface area (Å²) < 4.78 is 5.80. The van der Waals surface area contributed by atoms with Crippen LogP contribution in [-0.2, 0) is 4.74 Å². The third-order valence-electron chi connectivity index (χ3n) is 4.73. The van der Waals surface area contributed by atoms with E-state index in [-0.39, 0.29) is 24.0 Å². The van der Waals surface area contributed by atoms with Crippen molar-refractivity contribution in [1.82, 2.24) is 15.5 Å². The van der Waals surface area contributed by atoms with Crippen molar-refractivity contribution in [1.29, 1.82) is 0 Å². The lowest BCUT2D eigenvalue weighted by atomic mass is 10.0. The highest BCUT2D eigenvalue weighted by Crippen LogP contribution is 2.15. The molecule has 0 radical (unpaired) electrons. The minimum Gasteiger partial charge on any atom is -0.378 e. The normalized spacial score (nSPS) is 20.6. The highest BCUT2D eigenvalue weighted by molar-refractivity contribution is 14.0. The van der Waals surface area contributed by atoms with Gasteiger partial charge in [-0.2, -0.15) is 0 Å². The Morgan fingerprint density at radius 1 is 1.25 bits per heavy atom. The number of likely N-dealkylation sites (tertiary alicyclic amines) is 1. The topological polar surface area (TPSA) is 48.9 Å². The predicted molar refractivity (Wildman–Crippen MR) is 115 cm³/mol. The van der Waals surface area contributed by atoms with E-state index >= 15 is 0 Å². The first-order chi connectivity index (χ1) is 11.1. The van der Waals surface area contributed by atoms with Crippen LogP contribution in [-0.4, -0.2) is 62.8 Å². The number of nitrogens with one attached hydrogen (secondary N) is 2. The fraction of sp³-hybridized carbons (Fsp3) is 0.944. The van der Waals surface area contributed by atoms with Gasteiger partial charge >= 0.3 is 0 Å². The highest BCUT2D eigenvalue weighted by atomic mass is 127. The van der Waals surface area contributed by atoms with Crippen molar-refractivity contribution in [3.63, 3.8) is 0 Å². The molecule has 2 N–H and O–H groups in total. The fourth-order valence-electron chi connectivity index (χ4n) is 3.30. The Bertz CT molecular complexity index is 339. The number of guanidine groups is 1. The molecule has 1 heterocycles. The van der Waals surface area contributed by atoms with Crippen LogP contribution in [0.2, 0.25) is 0 Å². The molecule has 1 rings (SSSR count). The molecular weight excluding hydrogens is 415 g/mol. The third-order valence-corrected chi connectivity index (χ3v) is 4.73. The zero-order chi connectivity index (χ0) is 17.1. The van der Waals surface area contributed by atoms with Crippen LogP contribution in [0.15, 0.2) is 4.99 Å². The van der Waals surface area contributed by atoms with Gasteiger partial charge in [0.15, 0.2) is 5.96 Å². The van der Waals surface area contributed by atoms with Crippen molar-refractivity contribution in [2.24, 2.45) is 10.9 Å². The zero-order valence-corrected chi connectivity index (χ0v) is 18.6. The molecule has 2 unspecified atom stereocenters. The first kappa shape index (κ1) is 23.9. The van der Waals surface area contributed by atoms with Crippen molar-refractivity contribution in [2.45, 2.75) is 65.5 Å². The standard InChI is InChI=1S/C18H38N4O.HI/c1-6-22-13-9-8-10-16(22)14-21-18(19-5)20-12-11-17(15(3)4)23-7-2;/h15-17H,6-14H2,1-5H3,(H2,19,20,21);1H. The molecule has 0 aromatic carbocycles. The molecule has 24 heavy (non-hydrogen) atoms. The van der Waals surface area contributed by atoms with Crippen molar-refractivity contribution in [2.75, 3.05) is 39.8 Å². The monoisotopic (exact) mass is 454 g/mol. The third kappa shape index (κ3) is 8.85. The van der Waals surface area contributed by atoms with Gasteiger partial charge in [-0.05, 0) is 45.2 Å². The first-order valence-corrected chi connectivity index (χ1v) is 9.42. The number of likely N-dealkylation sites (N-methyl/N-ethyl adjacent to an activating group) is 1. The smallest absolute Gasteiger partial charge is 0.191 e. The molecule has 0 aromatic heterocycles. The molecule has 0 aromatic rings. The minimum absolute atomic E-state index is 0. The van der Waals surface area contributed by atoms with Gasteiger partial charge in [-0.3, -0.25) is 9.89 Å². The van der Waals surface area contributed by atoms with Crippen LogP contribution >= 0.6 is 24.0 Å². The highest BCUT2D eigenvalue weighted by Gasteiger charge is 2.21. The molecule has 2 atom stereocenters. The Kier molecular flexibility index (Phi) is 14.1. The maximum Gasteiger partial charge on any atom is 0.191 e. The number of hydrogen-bond donors (Lipinski definition) is 2. The lowest BCUT2D eigenvalue weighted by Crippen LogP contribution is -2.49. The molecule has 0 aliphatic carbocycles. The van der Waals surface area contributed by atoms with Gasteiger partial charge in [0, 0.05) is 32.8 Å². The second kappa shape index (κ2) is 14.1. The van der Waals surface area contributed by atoms with Crippen LogP contribution in [0.5, 0.6) is 0 Å². The van der Waals surface area contributed by atoms with Crippen LogP contribution < -0.4 is 10.6 Å². The maximum absolute atomic E-state index is 5.80. The van der Waals surface area contributed by atoms with E-state index in [0.29, 0.717) is 18.1 Å². The number of piperidine rings is 1. The van der Waals surface area contributed by atoms with Crippen molar-refractivity contribution >= 4 is 29.9 Å². The Labute approximate surface area is 166 Å². The molecule has 1 aliphatic rings. The lowest BCUT2D eigenvalue weighted by Gasteiger charge is -2.35. The van der Waals surface area contributed by atoms with Crippen LogP contribution in [0, 0.1) is 5.92 Å². The Balaban J connectivity index is 0.00000529. The zero-order valence-electron chi connectivity index (χ0n) is 16.3. The van der Waals surface area contributed by atoms with Crippen molar-refractivity contribution in [3.8, 4) is 0 Å². The summed E-state index contributed by atoms with van der Waals surface area (Å²) in [4.78, 5) is 6.92. The van der Waals surface area contributed by atoms with Crippen LogP contribution in [0.4, 0.5) is 0 Å². The molecule has 6 heteroatoms. The molecule has 1 saturated heterocycles. The van der Waals surface area contributed by atoms with E-state index in [9.17, 15) is 0 Å². The number of ether oxygens (including phenoxy) is 1. The van der Waals surface area contributed by atoms with Crippen LogP contribution in [0.3, 0.4) is 0 Å². The first-order valence-electron chi connectivity index (χ1n) is 9.42. The average molecular weight is 454 g/mol. The minimum atomic E-state index is 0. The fourth-order valence-corrected chi connectivity index (χ4v) is 3.30. The molecule has 1 aliphatic heterocycles. The summed E-state index contributed by atoms with van der Waals surface area (Å²) in [5, 5.41) is 6.92. The Hall–Kier alpha value is -0.0800. The summed E-state index contributed by atoms with van der Waals surface area (Å²) >= 11 is 0. The number of aliphatic imine (C=N–C) groups is 1. The molecular formula is C18H39IN4O. The molecule has 0 spiro atoms. The largest absolute Gasteiger partial charge is 0.378 e. The van der Waals surface area contributed by atoms with E-state index in [1.807, 2.05) is 7.05 Å². The van der Waals surface area contributed by atoms with E-state index in [1.165, 1.54) is 25.8 Å². The molecule has 0 amide bonds. The van der Waals surface area contributed by atoms with Gasteiger partial charge in [0.25, 0.3) is 0 Å². The van der Waals surface area contributed by atoms with Gasteiger partial charge < -0.3 is 15.4 Å². The summed E-state index contributed by atoms with van der Waals surface area (Å²) in [6.07, 6.45) is 5.30. The molecule has 0 saturated carbocycles. The summed E-state index contributed by atoms with van der Waals surface area (Å²) in [5.41, 5.74) is 0. The van der Waals surface area contributed by atoms with Gasteiger partial charge in [-0.25, -0.2) is 0 Å². The van der Waals surface area contributed by atoms with Gasteiger partial charge in [-0.1, -0.05) is 27.2 Å². The summed E-state index contributed by atoms with van der Waals surface area (Å²) in [5.74, 6) is 1.46. The van der Waals surface area contributed by atoms with Crippen LogP contribution in [0.1, 0.15) is 53.4 Å². The molecule has 0 bridgehead atoms. The van der Waals surface area contributed by atoms with E-state index in [4.69, 9.17) is 4.74 Å². The van der Waals surface area contributed by atoms with E-state index in [1.54, 1.807) is 0 Å². The SMILES string of the molecule is CCOC(CCNC(=NC)NCC1CCCCN1CC)C(C)C.I. The summed E-state index contributed by atoms with van der Waals surface area (Å²) in [7, 11) is 1.84. The number of rotatable bonds is 9. The summed E-state index contributed by atoms with van der Waals surface area (Å²) in [6.45, 7) is 13.8. The van der Waals surface area contributed by atoms with Gasteiger partial charge in [0.2, 0.25) is 0 Å². The summed E-state index contributed by atoms with van der Waals surface area (Å²) in [6, 6.07) is 0.638. The van der Waals surface area contributed by atoms with Crippen molar-refractivity contribution in [3.05, 3.63) is 0 Å². The molecule has 144 valence electrons. The van der Waals surface area contributed by atoms with E-state index in [0.717, 1.165) is 38.6 Å². The van der Waals surface area contributed by atoms with Crippen LogP contribution in [0.25, 0.3) is 0 Å². The average Bonchev–Trinajstić information content (AvgIpc) is 2.57. The molecule has 1 fully saturated rings. The van der Waals surface area contributed by atoms with Gasteiger partial charge in [0.1, 0.15) is 0 Å². The molecule has 5 nitrogen and oxygen atoms in total. The maximum atomic E-state index is 5.80. The van der Waals surface area contributed by atoms with Crippen molar-refractivity contribution < 1.29 is 4.74 Å².